The highest BCUT2D eigenvalue weighted by Gasteiger charge is 2.38. The number of thiocarbonyl (C=S) groups is 1. The first-order valence-electron chi connectivity index (χ1n) is 5.00. The summed E-state index contributed by atoms with van der Waals surface area (Å²) in [6, 6.07) is -1.01. The fraction of sp³-hybridized carbons (Fsp3) is 0.667. The number of carbonyl (C=O) groups is 2. The van der Waals surface area contributed by atoms with Crippen LogP contribution in [0.25, 0.3) is 0 Å². The van der Waals surface area contributed by atoms with E-state index in [0.29, 0.717) is 29.5 Å². The van der Waals surface area contributed by atoms with E-state index in [1.54, 1.807) is 0 Å². The minimum absolute atomic E-state index is 0.141. The number of rotatable bonds is 2. The zero-order valence-electron chi connectivity index (χ0n) is 8.51. The zero-order valence-corrected chi connectivity index (χ0v) is 10.1. The Morgan fingerprint density at radius 1 is 1.56 bits per heavy atom. The Morgan fingerprint density at radius 2 is 2.31 bits per heavy atom. The lowest BCUT2D eigenvalue weighted by Crippen LogP contribution is -2.49. The molecular formula is C9H12N2O3S2. The minimum atomic E-state index is -0.932. The summed E-state index contributed by atoms with van der Waals surface area (Å²) in [6.07, 6.45) is 1.38. The van der Waals surface area contributed by atoms with E-state index in [-0.39, 0.29) is 11.9 Å². The molecule has 2 heterocycles. The molecule has 88 valence electrons. The molecule has 2 saturated heterocycles. The highest BCUT2D eigenvalue weighted by Crippen LogP contribution is 2.23. The number of nitrogens with zero attached hydrogens (tertiary/aromatic N) is 1. The second-order valence-electron chi connectivity index (χ2n) is 3.82. The predicted octanol–water partition coefficient (Wildman–Crippen LogP) is 0.0519. The molecule has 1 amide bonds. The van der Waals surface area contributed by atoms with Gasteiger partial charge in [-0.25, -0.2) is 4.79 Å². The smallest absolute Gasteiger partial charge is 0.327 e. The van der Waals surface area contributed by atoms with Crippen molar-refractivity contribution in [3.63, 3.8) is 0 Å². The molecule has 2 fully saturated rings. The van der Waals surface area contributed by atoms with Gasteiger partial charge in [0.25, 0.3) is 0 Å². The molecule has 0 unspecified atom stereocenters. The van der Waals surface area contributed by atoms with Crippen molar-refractivity contribution in [2.75, 3.05) is 11.6 Å². The predicted molar refractivity (Wildman–Crippen MR) is 64.4 cm³/mol. The fourth-order valence-corrected chi connectivity index (χ4v) is 3.28. The lowest BCUT2D eigenvalue weighted by atomic mass is 10.2. The molecule has 0 saturated carbocycles. The molecule has 0 aromatic carbocycles. The van der Waals surface area contributed by atoms with Gasteiger partial charge in [-0.05, 0) is 6.42 Å². The molecule has 0 bridgehead atoms. The van der Waals surface area contributed by atoms with Gasteiger partial charge in [0, 0.05) is 12.2 Å². The molecule has 2 aliphatic rings. The molecule has 0 spiro atoms. The molecule has 2 aliphatic heterocycles. The van der Waals surface area contributed by atoms with Gasteiger partial charge in [-0.15, -0.1) is 11.8 Å². The second kappa shape index (κ2) is 4.58. The Morgan fingerprint density at radius 3 is 2.88 bits per heavy atom. The average molecular weight is 260 g/mol. The average Bonchev–Trinajstić information content (AvgIpc) is 2.84. The van der Waals surface area contributed by atoms with E-state index in [9.17, 15) is 9.59 Å². The first kappa shape index (κ1) is 11.7. The van der Waals surface area contributed by atoms with E-state index in [0.717, 1.165) is 0 Å². The van der Waals surface area contributed by atoms with Gasteiger partial charge in [0.05, 0.1) is 10.9 Å². The van der Waals surface area contributed by atoms with Crippen molar-refractivity contribution in [2.24, 2.45) is 0 Å². The molecule has 2 rings (SSSR count). The molecule has 2 atom stereocenters. The summed E-state index contributed by atoms with van der Waals surface area (Å²) in [5.74, 6) is -0.143. The lowest BCUT2D eigenvalue weighted by Gasteiger charge is -2.23. The standard InChI is InChI=1S/C9H12N2O3S2/c12-8(5-1-2-7(15)10-5)11-4-16-3-6(11)9(13)14/h5-6H,1-4H2,(H,10,15)(H,13,14)/t5-,6-/m1/s1. The van der Waals surface area contributed by atoms with Crippen LogP contribution in [-0.4, -0.2) is 50.6 Å². The van der Waals surface area contributed by atoms with E-state index >= 15 is 0 Å². The van der Waals surface area contributed by atoms with Crippen molar-refractivity contribution in [3.8, 4) is 0 Å². The van der Waals surface area contributed by atoms with E-state index in [1.807, 2.05) is 0 Å². The van der Waals surface area contributed by atoms with Crippen molar-refractivity contribution < 1.29 is 14.7 Å². The topological polar surface area (TPSA) is 69.6 Å². The van der Waals surface area contributed by atoms with Crippen LogP contribution < -0.4 is 5.32 Å². The summed E-state index contributed by atoms with van der Waals surface area (Å²) >= 11 is 6.44. The highest BCUT2D eigenvalue weighted by molar-refractivity contribution is 7.99. The zero-order chi connectivity index (χ0) is 11.7. The van der Waals surface area contributed by atoms with Crippen molar-refractivity contribution in [1.29, 1.82) is 0 Å². The van der Waals surface area contributed by atoms with Crippen LogP contribution in [0.3, 0.4) is 0 Å². The number of hydrogen-bond acceptors (Lipinski definition) is 4. The van der Waals surface area contributed by atoms with Crippen LogP contribution in [0.2, 0.25) is 0 Å². The number of carboxylic acids is 1. The van der Waals surface area contributed by atoms with Crippen molar-refractivity contribution in [2.45, 2.75) is 24.9 Å². The number of hydrogen-bond donors (Lipinski definition) is 2. The van der Waals surface area contributed by atoms with E-state index < -0.39 is 12.0 Å². The highest BCUT2D eigenvalue weighted by atomic mass is 32.2. The van der Waals surface area contributed by atoms with E-state index in [1.165, 1.54) is 16.7 Å². The molecule has 5 nitrogen and oxygen atoms in total. The van der Waals surface area contributed by atoms with Gasteiger partial charge in [0.1, 0.15) is 12.1 Å². The van der Waals surface area contributed by atoms with Crippen LogP contribution in [0.5, 0.6) is 0 Å². The Balaban J connectivity index is 2.03. The third-order valence-corrected chi connectivity index (χ3v) is 4.08. The maximum absolute atomic E-state index is 12.0. The van der Waals surface area contributed by atoms with Crippen molar-refractivity contribution in [1.82, 2.24) is 10.2 Å². The maximum Gasteiger partial charge on any atom is 0.327 e. The van der Waals surface area contributed by atoms with E-state index in [2.05, 4.69) is 5.32 Å². The molecule has 7 heteroatoms. The fourth-order valence-electron chi connectivity index (χ4n) is 1.86. The number of carboxylic acid groups (broad SMARTS) is 1. The Kier molecular flexibility index (Phi) is 3.34. The number of carbonyl (C=O) groups excluding carboxylic acids is 1. The minimum Gasteiger partial charge on any atom is -0.480 e. The Hall–Kier alpha value is -0.820. The number of thioether (sulfide) groups is 1. The van der Waals surface area contributed by atoms with Crippen LogP contribution in [0, 0.1) is 0 Å². The number of nitrogens with one attached hydrogen (secondary N) is 1. The summed E-state index contributed by atoms with van der Waals surface area (Å²) in [7, 11) is 0. The van der Waals surface area contributed by atoms with Gasteiger partial charge in [0.2, 0.25) is 5.91 Å². The summed E-state index contributed by atoms with van der Waals surface area (Å²) < 4.78 is 0. The molecule has 2 N–H and O–H groups in total. The monoisotopic (exact) mass is 260 g/mol. The third kappa shape index (κ3) is 2.15. The Labute approximate surface area is 103 Å². The van der Waals surface area contributed by atoms with Gasteiger partial charge in [-0.3, -0.25) is 4.79 Å². The van der Waals surface area contributed by atoms with Gasteiger partial charge in [-0.2, -0.15) is 0 Å². The second-order valence-corrected chi connectivity index (χ2v) is 5.31. The summed E-state index contributed by atoms with van der Waals surface area (Å²) in [5.41, 5.74) is 0. The molecule has 0 aliphatic carbocycles. The van der Waals surface area contributed by atoms with E-state index in [4.69, 9.17) is 17.3 Å². The number of amides is 1. The van der Waals surface area contributed by atoms with Gasteiger partial charge in [-0.1, -0.05) is 12.2 Å². The van der Waals surface area contributed by atoms with Crippen LogP contribution in [0.4, 0.5) is 0 Å². The molecule has 0 aromatic rings. The van der Waals surface area contributed by atoms with Crippen LogP contribution >= 0.6 is 24.0 Å². The molecular weight excluding hydrogens is 248 g/mol. The molecule has 0 aromatic heterocycles. The molecule has 0 radical (unpaired) electrons. The maximum atomic E-state index is 12.0. The summed E-state index contributed by atoms with van der Waals surface area (Å²) in [4.78, 5) is 25.1. The quantitative estimate of drug-likeness (QED) is 0.684. The lowest BCUT2D eigenvalue weighted by molar-refractivity contribution is -0.148. The normalized spacial score (nSPS) is 29.2. The van der Waals surface area contributed by atoms with Crippen LogP contribution in [0.1, 0.15) is 12.8 Å². The first-order chi connectivity index (χ1) is 7.59. The summed E-state index contributed by atoms with van der Waals surface area (Å²) in [5, 5.41) is 11.9. The van der Waals surface area contributed by atoms with Crippen LogP contribution in [0.15, 0.2) is 0 Å². The largest absolute Gasteiger partial charge is 0.480 e. The third-order valence-electron chi connectivity index (χ3n) is 2.74. The van der Waals surface area contributed by atoms with Gasteiger partial charge < -0.3 is 15.3 Å². The summed E-state index contributed by atoms with van der Waals surface area (Å²) in [6.45, 7) is 0. The molecule has 16 heavy (non-hydrogen) atoms. The van der Waals surface area contributed by atoms with Gasteiger partial charge >= 0.3 is 5.97 Å². The first-order valence-corrected chi connectivity index (χ1v) is 6.56. The van der Waals surface area contributed by atoms with Gasteiger partial charge in [0.15, 0.2) is 0 Å². The van der Waals surface area contributed by atoms with Crippen molar-refractivity contribution >= 4 is 40.8 Å². The van der Waals surface area contributed by atoms with Crippen molar-refractivity contribution in [3.05, 3.63) is 0 Å². The van der Waals surface area contributed by atoms with Crippen LogP contribution in [-0.2, 0) is 9.59 Å². The number of aliphatic carboxylic acids is 1. The SMILES string of the molecule is O=C(O)[C@H]1CSCN1C(=O)[C@H]1CCC(=S)N1. The Bertz CT molecular complexity index is 348.